The van der Waals surface area contributed by atoms with E-state index >= 15 is 0 Å². The molecule has 0 spiro atoms. The van der Waals surface area contributed by atoms with Crippen molar-refractivity contribution in [2.24, 2.45) is 23.2 Å². The van der Waals surface area contributed by atoms with E-state index in [4.69, 9.17) is 5.73 Å². The molecule has 3 aromatic rings. The van der Waals surface area contributed by atoms with Crippen LogP contribution in [0.4, 0.5) is 10.1 Å². The number of fused-ring (bicyclic) bond motifs is 1. The predicted molar refractivity (Wildman–Crippen MR) is 143 cm³/mol. The summed E-state index contributed by atoms with van der Waals surface area (Å²) in [5.74, 6) is -0.409. The van der Waals surface area contributed by atoms with Gasteiger partial charge in [0.15, 0.2) is 5.82 Å². The number of hydrogen-bond donors (Lipinski definition) is 1. The number of nitrogens with two attached hydrogens (primary N) is 1. The van der Waals surface area contributed by atoms with Crippen LogP contribution < -0.4 is 5.73 Å². The molecule has 1 saturated heterocycles. The first-order valence-electron chi connectivity index (χ1n) is 12.2. The minimum atomic E-state index is -3.86. The van der Waals surface area contributed by atoms with Crippen molar-refractivity contribution >= 4 is 27.2 Å². The SMILES string of the molecule is Cc1ccc(S(=O)(=O)N2CCC3=CC(=Nc4ccc(F)cc4)/C(=C\N)C[C@]3(C(=O)c3nccn3C)C2)cc1. The molecule has 196 valence electrons. The first kappa shape index (κ1) is 25.7. The molecule has 1 fully saturated rings. The molecule has 1 aromatic heterocycles. The number of aromatic nitrogens is 2. The van der Waals surface area contributed by atoms with Gasteiger partial charge < -0.3 is 10.3 Å². The number of piperidine rings is 1. The molecule has 2 aromatic carbocycles. The van der Waals surface area contributed by atoms with Gasteiger partial charge in [0.1, 0.15) is 5.82 Å². The number of sulfonamides is 1. The number of nitrogens with zero attached hydrogens (tertiary/aromatic N) is 4. The Hall–Kier alpha value is -3.89. The maximum atomic E-state index is 14.2. The van der Waals surface area contributed by atoms with Crippen LogP contribution in [0.15, 0.2) is 94.2 Å². The smallest absolute Gasteiger partial charge is 0.243 e. The minimum Gasteiger partial charge on any atom is -0.404 e. The molecule has 0 unspecified atom stereocenters. The number of aliphatic imine (C=N–C) groups is 1. The van der Waals surface area contributed by atoms with Gasteiger partial charge in [-0.15, -0.1) is 0 Å². The van der Waals surface area contributed by atoms with Crippen molar-refractivity contribution in [2.75, 3.05) is 13.1 Å². The molecule has 2 aliphatic rings. The van der Waals surface area contributed by atoms with Crippen LogP contribution >= 0.6 is 0 Å². The number of aryl methyl sites for hydroxylation is 2. The van der Waals surface area contributed by atoms with Crippen LogP contribution in [0, 0.1) is 18.2 Å². The highest BCUT2D eigenvalue weighted by Crippen LogP contribution is 2.47. The van der Waals surface area contributed by atoms with Gasteiger partial charge in [-0.2, -0.15) is 4.31 Å². The number of rotatable bonds is 5. The van der Waals surface area contributed by atoms with Gasteiger partial charge in [-0.25, -0.2) is 22.8 Å². The molecular weight excluding hydrogens is 505 g/mol. The number of carbonyl (C=O) groups is 1. The van der Waals surface area contributed by atoms with Crippen molar-refractivity contribution in [3.63, 3.8) is 0 Å². The predicted octanol–water partition coefficient (Wildman–Crippen LogP) is 4.08. The maximum absolute atomic E-state index is 14.2. The van der Waals surface area contributed by atoms with Crippen LogP contribution in [0.2, 0.25) is 0 Å². The second kappa shape index (κ2) is 9.77. The van der Waals surface area contributed by atoms with Crippen molar-refractivity contribution in [3.05, 3.63) is 102 Å². The fourth-order valence-corrected chi connectivity index (χ4v) is 6.58. The quantitative estimate of drug-likeness (QED) is 0.497. The highest BCUT2D eigenvalue weighted by molar-refractivity contribution is 7.89. The molecule has 0 bridgehead atoms. The van der Waals surface area contributed by atoms with Crippen molar-refractivity contribution in [2.45, 2.75) is 24.7 Å². The lowest BCUT2D eigenvalue weighted by Crippen LogP contribution is -2.53. The molecular formula is C28H28FN5O3S. The molecule has 1 aliphatic heterocycles. The first-order valence-corrected chi connectivity index (χ1v) is 13.6. The zero-order chi connectivity index (χ0) is 27.1. The van der Waals surface area contributed by atoms with E-state index in [1.54, 1.807) is 60.4 Å². The molecule has 5 rings (SSSR count). The molecule has 2 heterocycles. The summed E-state index contributed by atoms with van der Waals surface area (Å²) in [6.07, 6.45) is 6.93. The minimum absolute atomic E-state index is 0.0537. The third kappa shape index (κ3) is 4.50. The third-order valence-corrected chi connectivity index (χ3v) is 9.08. The second-order valence-corrected chi connectivity index (χ2v) is 11.6. The van der Waals surface area contributed by atoms with E-state index in [0.717, 1.165) is 11.1 Å². The van der Waals surface area contributed by atoms with Gasteiger partial charge in [0.05, 0.1) is 21.7 Å². The van der Waals surface area contributed by atoms with E-state index in [2.05, 4.69) is 9.98 Å². The summed E-state index contributed by atoms with van der Waals surface area (Å²) in [5, 5.41) is 0. The standard InChI is InChI=1S/C28H28FN5O3S/c1-19-3-9-24(10-4-19)38(36,37)34-13-11-21-15-25(32-23-7-5-22(29)6-8-23)20(17-30)16-28(21,18-34)26(35)27-31-12-14-33(27)2/h3-10,12,14-15,17H,11,13,16,18,30H2,1-2H3/b20-17-,32-25?/t28-/m0/s1. The summed E-state index contributed by atoms with van der Waals surface area (Å²) in [5.41, 5.74) is 8.24. The summed E-state index contributed by atoms with van der Waals surface area (Å²) in [7, 11) is -2.13. The van der Waals surface area contributed by atoms with Gasteiger partial charge in [0.25, 0.3) is 0 Å². The fraction of sp³-hybridized carbons (Fsp3) is 0.250. The Bertz CT molecular complexity index is 1590. The van der Waals surface area contributed by atoms with Gasteiger partial charge >= 0.3 is 0 Å². The summed E-state index contributed by atoms with van der Waals surface area (Å²) in [4.78, 5) is 23.3. The van der Waals surface area contributed by atoms with Crippen molar-refractivity contribution in [1.82, 2.24) is 13.9 Å². The first-order chi connectivity index (χ1) is 18.1. The second-order valence-electron chi connectivity index (χ2n) is 9.69. The molecule has 0 amide bonds. The largest absolute Gasteiger partial charge is 0.404 e. The molecule has 0 radical (unpaired) electrons. The van der Waals surface area contributed by atoms with E-state index in [9.17, 15) is 17.6 Å². The highest BCUT2D eigenvalue weighted by atomic mass is 32.2. The molecule has 1 atom stereocenters. The Kier molecular flexibility index (Phi) is 6.62. The zero-order valence-corrected chi connectivity index (χ0v) is 22.0. The Balaban J connectivity index is 1.62. The number of ketones is 1. The van der Waals surface area contributed by atoms with Gasteiger partial charge in [-0.3, -0.25) is 4.79 Å². The highest BCUT2D eigenvalue weighted by Gasteiger charge is 2.52. The molecule has 2 N–H and O–H groups in total. The lowest BCUT2D eigenvalue weighted by Gasteiger charge is -2.45. The maximum Gasteiger partial charge on any atom is 0.243 e. The molecule has 8 nitrogen and oxygen atoms in total. The fourth-order valence-electron chi connectivity index (χ4n) is 5.08. The summed E-state index contributed by atoms with van der Waals surface area (Å²) in [6, 6.07) is 12.5. The number of halogens is 1. The molecule has 1 aliphatic carbocycles. The summed E-state index contributed by atoms with van der Waals surface area (Å²) >= 11 is 0. The average molecular weight is 534 g/mol. The lowest BCUT2D eigenvalue weighted by atomic mass is 9.64. The number of benzene rings is 2. The van der Waals surface area contributed by atoms with Crippen LogP contribution in [-0.2, 0) is 17.1 Å². The molecule has 10 heteroatoms. The third-order valence-electron chi connectivity index (χ3n) is 7.22. The molecule has 0 saturated carbocycles. The summed E-state index contributed by atoms with van der Waals surface area (Å²) < 4.78 is 43.7. The van der Waals surface area contributed by atoms with E-state index in [0.29, 0.717) is 23.4 Å². The van der Waals surface area contributed by atoms with Gasteiger partial charge in [-0.1, -0.05) is 23.3 Å². The Labute approximate surface area is 221 Å². The van der Waals surface area contributed by atoms with Crippen LogP contribution in [0.5, 0.6) is 0 Å². The normalized spacial score (nSPS) is 22.3. The van der Waals surface area contributed by atoms with E-state index in [-0.39, 0.29) is 41.8 Å². The van der Waals surface area contributed by atoms with Crippen molar-refractivity contribution < 1.29 is 17.6 Å². The number of hydrogen-bond acceptors (Lipinski definition) is 6. The van der Waals surface area contributed by atoms with Crippen LogP contribution in [0.25, 0.3) is 0 Å². The van der Waals surface area contributed by atoms with Gasteiger partial charge in [0.2, 0.25) is 15.8 Å². The number of allylic oxidation sites excluding steroid dienone is 2. The Morgan fingerprint density at radius 2 is 1.87 bits per heavy atom. The Morgan fingerprint density at radius 1 is 1.16 bits per heavy atom. The van der Waals surface area contributed by atoms with E-state index in [1.807, 2.05) is 13.0 Å². The average Bonchev–Trinajstić information content (AvgIpc) is 3.34. The van der Waals surface area contributed by atoms with Gasteiger partial charge in [-0.05, 0) is 74.0 Å². The number of carbonyl (C=O) groups excluding carboxylic acids is 1. The Morgan fingerprint density at radius 3 is 2.50 bits per heavy atom. The summed E-state index contributed by atoms with van der Waals surface area (Å²) in [6.45, 7) is 2.05. The topological polar surface area (TPSA) is 111 Å². The molecule has 38 heavy (non-hydrogen) atoms. The van der Waals surface area contributed by atoms with E-state index < -0.39 is 15.4 Å². The van der Waals surface area contributed by atoms with Crippen LogP contribution in [0.1, 0.15) is 29.0 Å². The van der Waals surface area contributed by atoms with Crippen LogP contribution in [0.3, 0.4) is 0 Å². The monoisotopic (exact) mass is 533 g/mol. The van der Waals surface area contributed by atoms with E-state index in [1.165, 1.54) is 22.6 Å². The number of Topliss-reactive ketones (excluding diaryl/α,β-unsaturated/α-hetero) is 1. The van der Waals surface area contributed by atoms with Crippen LogP contribution in [-0.4, -0.2) is 46.9 Å². The van der Waals surface area contributed by atoms with Crippen molar-refractivity contribution in [1.29, 1.82) is 0 Å². The van der Waals surface area contributed by atoms with Gasteiger partial charge in [0, 0.05) is 32.5 Å². The number of imidazole rings is 1. The lowest BCUT2D eigenvalue weighted by molar-refractivity contribution is 0.0761. The zero-order valence-electron chi connectivity index (χ0n) is 21.1. The van der Waals surface area contributed by atoms with Crippen molar-refractivity contribution in [3.8, 4) is 0 Å².